The predicted octanol–water partition coefficient (Wildman–Crippen LogP) is 2.24. The second-order valence-electron chi connectivity index (χ2n) is 3.04. The molecule has 0 fully saturated rings. The molecule has 7 heteroatoms. The Bertz CT molecular complexity index is 379. The number of phenolic OH excluding ortho intramolecular Hbond substituents is 1. The number of aliphatic hydroxyl groups is 1. The lowest BCUT2D eigenvalue weighted by Crippen LogP contribution is -2.13. The number of aliphatic hydroxyl groups excluding tert-OH is 1. The average Bonchev–Trinajstić information content (AvgIpc) is 2.20. The van der Waals surface area contributed by atoms with E-state index in [-0.39, 0.29) is 35.5 Å². The Labute approximate surface area is 106 Å². The zero-order valence-electron chi connectivity index (χ0n) is 8.08. The van der Waals surface area contributed by atoms with Gasteiger partial charge in [-0.05, 0) is 28.4 Å². The van der Waals surface area contributed by atoms with Crippen molar-refractivity contribution in [1.29, 1.82) is 0 Å². The van der Waals surface area contributed by atoms with Crippen LogP contribution in [0.4, 0.5) is 8.78 Å². The molecule has 0 radical (unpaired) electrons. The van der Waals surface area contributed by atoms with Gasteiger partial charge in [-0.2, -0.15) is 4.39 Å². The maximum Gasteiger partial charge on any atom is 0.201 e. The Morgan fingerprint density at radius 2 is 1.94 bits per heavy atom. The molecule has 3 nitrogen and oxygen atoms in total. The molecule has 1 atom stereocenters. The van der Waals surface area contributed by atoms with Gasteiger partial charge in [0.1, 0.15) is 0 Å². The van der Waals surface area contributed by atoms with Gasteiger partial charge in [0.2, 0.25) is 5.82 Å². The number of rotatable bonds is 3. The molecule has 4 N–H and O–H groups in total. The van der Waals surface area contributed by atoms with E-state index < -0.39 is 23.4 Å². The van der Waals surface area contributed by atoms with E-state index in [0.29, 0.717) is 0 Å². The second-order valence-corrected chi connectivity index (χ2v) is 3.90. The molecule has 1 aromatic carbocycles. The smallest absolute Gasteiger partial charge is 0.201 e. The van der Waals surface area contributed by atoms with Gasteiger partial charge in [-0.25, -0.2) is 4.39 Å². The van der Waals surface area contributed by atoms with Crippen molar-refractivity contribution in [2.24, 2.45) is 5.73 Å². The number of hydrogen-bond acceptors (Lipinski definition) is 3. The van der Waals surface area contributed by atoms with Crippen LogP contribution in [0.15, 0.2) is 10.5 Å². The fraction of sp³-hybridized carbons (Fsp3) is 0.333. The van der Waals surface area contributed by atoms with E-state index in [0.717, 1.165) is 0 Å². The maximum atomic E-state index is 13.1. The van der Waals surface area contributed by atoms with Crippen LogP contribution in [0, 0.1) is 11.6 Å². The summed E-state index contributed by atoms with van der Waals surface area (Å²) in [4.78, 5) is 0. The molecule has 16 heavy (non-hydrogen) atoms. The standard InChI is InChI=1S/C9H10BrF2NO2.ClH/c10-5-3-4(6(13)1-2-14)9(15)8(12)7(5)11;/h3,6,14-15H,1-2,13H2;1H/t6-;/m1./s1. The summed E-state index contributed by atoms with van der Waals surface area (Å²) in [5.74, 6) is -3.31. The first-order valence-corrected chi connectivity index (χ1v) is 5.01. The van der Waals surface area contributed by atoms with Crippen LogP contribution in [-0.2, 0) is 0 Å². The van der Waals surface area contributed by atoms with Gasteiger partial charge in [-0.3, -0.25) is 0 Å². The molecule has 0 aliphatic heterocycles. The Balaban J connectivity index is 0.00000225. The highest BCUT2D eigenvalue weighted by Gasteiger charge is 2.20. The first-order chi connectivity index (χ1) is 6.99. The predicted molar refractivity (Wildman–Crippen MR) is 61.6 cm³/mol. The van der Waals surface area contributed by atoms with E-state index >= 15 is 0 Å². The van der Waals surface area contributed by atoms with Gasteiger partial charge < -0.3 is 15.9 Å². The van der Waals surface area contributed by atoms with Gasteiger partial charge in [0.15, 0.2) is 11.6 Å². The minimum Gasteiger partial charge on any atom is -0.505 e. The van der Waals surface area contributed by atoms with Gasteiger partial charge in [0.25, 0.3) is 0 Å². The van der Waals surface area contributed by atoms with Crippen molar-refractivity contribution in [3.63, 3.8) is 0 Å². The summed E-state index contributed by atoms with van der Waals surface area (Å²) in [6.45, 7) is -0.197. The number of phenols is 1. The van der Waals surface area contributed by atoms with Gasteiger partial charge in [0.05, 0.1) is 4.47 Å². The summed E-state index contributed by atoms with van der Waals surface area (Å²) < 4.78 is 25.9. The van der Waals surface area contributed by atoms with Gasteiger partial charge in [0, 0.05) is 18.2 Å². The number of halogens is 4. The third-order valence-electron chi connectivity index (χ3n) is 2.01. The van der Waals surface area contributed by atoms with E-state index in [2.05, 4.69) is 15.9 Å². The van der Waals surface area contributed by atoms with E-state index in [1.165, 1.54) is 6.07 Å². The van der Waals surface area contributed by atoms with E-state index in [1.54, 1.807) is 0 Å². The van der Waals surface area contributed by atoms with Gasteiger partial charge in [-0.15, -0.1) is 12.4 Å². The molecule has 1 rings (SSSR count). The summed E-state index contributed by atoms with van der Waals surface area (Å²) in [5.41, 5.74) is 5.63. The topological polar surface area (TPSA) is 66.5 Å². The highest BCUT2D eigenvalue weighted by atomic mass is 79.9. The highest BCUT2D eigenvalue weighted by molar-refractivity contribution is 9.10. The summed E-state index contributed by atoms with van der Waals surface area (Å²) in [5, 5.41) is 17.9. The van der Waals surface area contributed by atoms with Gasteiger partial charge in [-0.1, -0.05) is 0 Å². The summed E-state index contributed by atoms with van der Waals surface area (Å²) in [7, 11) is 0. The molecule has 0 saturated heterocycles. The quantitative estimate of drug-likeness (QED) is 0.749. The minimum atomic E-state index is -1.34. The summed E-state index contributed by atoms with van der Waals surface area (Å²) in [6, 6.07) is 0.468. The molecule has 1 aromatic rings. The SMILES string of the molecule is Cl.N[C@H](CCO)c1cc(Br)c(F)c(F)c1O. The zero-order chi connectivity index (χ0) is 11.6. The highest BCUT2D eigenvalue weighted by Crippen LogP contribution is 2.33. The number of aromatic hydroxyl groups is 1. The van der Waals surface area contributed by atoms with Crippen molar-refractivity contribution in [2.45, 2.75) is 12.5 Å². The molecule has 0 amide bonds. The van der Waals surface area contributed by atoms with Crippen molar-refractivity contribution >= 4 is 28.3 Å². The lowest BCUT2D eigenvalue weighted by atomic mass is 10.0. The van der Waals surface area contributed by atoms with Crippen molar-refractivity contribution in [1.82, 2.24) is 0 Å². The van der Waals surface area contributed by atoms with Crippen molar-refractivity contribution < 1.29 is 19.0 Å². The second kappa shape index (κ2) is 6.34. The van der Waals surface area contributed by atoms with E-state index in [4.69, 9.17) is 10.8 Å². The molecular weight excluding hydrogens is 307 g/mol. The van der Waals surface area contributed by atoms with E-state index in [1.807, 2.05) is 0 Å². The maximum absolute atomic E-state index is 13.1. The fourth-order valence-corrected chi connectivity index (χ4v) is 1.60. The van der Waals surface area contributed by atoms with Crippen LogP contribution >= 0.6 is 28.3 Å². The molecule has 0 heterocycles. The molecular formula is C9H11BrClF2NO2. The van der Waals surface area contributed by atoms with Crippen LogP contribution in [0.25, 0.3) is 0 Å². The lowest BCUT2D eigenvalue weighted by Gasteiger charge is -2.13. The lowest BCUT2D eigenvalue weighted by molar-refractivity contribution is 0.274. The zero-order valence-corrected chi connectivity index (χ0v) is 10.5. The summed E-state index contributed by atoms with van der Waals surface area (Å²) >= 11 is 2.81. The van der Waals surface area contributed by atoms with Crippen molar-refractivity contribution in [3.8, 4) is 5.75 Å². The van der Waals surface area contributed by atoms with Crippen LogP contribution in [0.5, 0.6) is 5.75 Å². The van der Waals surface area contributed by atoms with Crippen molar-refractivity contribution in [2.75, 3.05) is 6.61 Å². The molecule has 0 aromatic heterocycles. The largest absolute Gasteiger partial charge is 0.505 e. The molecule has 0 aliphatic rings. The van der Waals surface area contributed by atoms with Crippen LogP contribution < -0.4 is 5.73 Å². The Kier molecular flexibility index (Phi) is 6.17. The monoisotopic (exact) mass is 317 g/mol. The third kappa shape index (κ3) is 3.04. The Morgan fingerprint density at radius 3 is 2.44 bits per heavy atom. The third-order valence-corrected chi connectivity index (χ3v) is 2.58. The average molecular weight is 319 g/mol. The van der Waals surface area contributed by atoms with Crippen LogP contribution in [0.2, 0.25) is 0 Å². The number of hydrogen-bond donors (Lipinski definition) is 3. The van der Waals surface area contributed by atoms with Crippen LogP contribution in [0.1, 0.15) is 18.0 Å². The van der Waals surface area contributed by atoms with Crippen LogP contribution in [-0.4, -0.2) is 16.8 Å². The molecule has 0 unspecified atom stereocenters. The summed E-state index contributed by atoms with van der Waals surface area (Å²) in [6.07, 6.45) is 0.158. The number of nitrogens with two attached hydrogens (primary N) is 1. The minimum absolute atomic E-state index is 0. The molecule has 0 bridgehead atoms. The molecule has 0 spiro atoms. The molecule has 0 aliphatic carbocycles. The van der Waals surface area contributed by atoms with E-state index in [9.17, 15) is 13.9 Å². The van der Waals surface area contributed by atoms with Crippen LogP contribution in [0.3, 0.4) is 0 Å². The Morgan fingerprint density at radius 1 is 1.38 bits per heavy atom. The molecule has 0 saturated carbocycles. The first kappa shape index (κ1) is 15.6. The normalized spacial score (nSPS) is 12.1. The van der Waals surface area contributed by atoms with Gasteiger partial charge >= 0.3 is 0 Å². The Hall–Kier alpha value is -0.430. The molecule has 92 valence electrons. The fourth-order valence-electron chi connectivity index (χ4n) is 1.18. The first-order valence-electron chi connectivity index (χ1n) is 4.21. The number of benzene rings is 1. The van der Waals surface area contributed by atoms with Crippen molar-refractivity contribution in [3.05, 3.63) is 27.7 Å².